The summed E-state index contributed by atoms with van der Waals surface area (Å²) in [5.74, 6) is 2.39. The molecule has 6 heteroatoms. The molecule has 0 radical (unpaired) electrons. The molecule has 0 amide bonds. The number of thiophene rings is 1. The number of nitrogens with one attached hydrogen (secondary N) is 1. The first-order chi connectivity index (χ1) is 13.6. The molecule has 1 aliphatic rings. The Morgan fingerprint density at radius 3 is 3.04 bits per heavy atom. The van der Waals surface area contributed by atoms with Gasteiger partial charge in [-0.25, -0.2) is 4.98 Å². The number of ether oxygens (including phenoxy) is 1. The minimum Gasteiger partial charge on any atom is -0.496 e. The van der Waals surface area contributed by atoms with Gasteiger partial charge in [0.25, 0.3) is 5.56 Å². The Hall–Kier alpha value is -2.18. The van der Waals surface area contributed by atoms with Crippen LogP contribution < -0.4 is 15.6 Å². The van der Waals surface area contributed by atoms with Crippen molar-refractivity contribution in [2.45, 2.75) is 45.6 Å². The summed E-state index contributed by atoms with van der Waals surface area (Å²) in [6, 6.07) is 8.21. The normalized spacial score (nSPS) is 17.5. The van der Waals surface area contributed by atoms with Gasteiger partial charge in [0.05, 0.1) is 19.0 Å². The number of H-pyrrole nitrogens is 1. The molecule has 0 saturated carbocycles. The number of fused-ring (bicyclic) bond motifs is 3. The number of rotatable bonds is 6. The van der Waals surface area contributed by atoms with Gasteiger partial charge in [0.15, 0.2) is 5.82 Å². The maximum absolute atomic E-state index is 12.8. The number of hydrogen-bond donors (Lipinski definition) is 2. The molecule has 2 heterocycles. The third-order valence-corrected chi connectivity index (χ3v) is 6.89. The van der Waals surface area contributed by atoms with Crippen LogP contribution in [0.3, 0.4) is 0 Å². The number of benzene rings is 1. The van der Waals surface area contributed by atoms with Crippen LogP contribution in [0.25, 0.3) is 10.2 Å². The number of hydrogen-bond acceptors (Lipinski definition) is 4. The average Bonchev–Trinajstić information content (AvgIpc) is 3.06. The first kappa shape index (κ1) is 19.2. The average molecular weight is 399 g/mol. The van der Waals surface area contributed by atoms with Gasteiger partial charge >= 0.3 is 0 Å². The smallest absolute Gasteiger partial charge is 0.260 e. The molecule has 2 aromatic heterocycles. The summed E-state index contributed by atoms with van der Waals surface area (Å²) in [5.41, 5.74) is 2.47. The molecular formula is C22H28N3O2S+. The third kappa shape index (κ3) is 3.71. The molecule has 0 aliphatic heterocycles. The number of methoxy groups -OCH3 is 1. The van der Waals surface area contributed by atoms with E-state index in [0.717, 1.165) is 54.0 Å². The van der Waals surface area contributed by atoms with E-state index in [0.29, 0.717) is 5.92 Å². The van der Waals surface area contributed by atoms with Gasteiger partial charge in [0.2, 0.25) is 0 Å². The summed E-state index contributed by atoms with van der Waals surface area (Å²) in [6.07, 6.45) is 4.14. The molecule has 1 aromatic carbocycles. The van der Waals surface area contributed by atoms with Crippen molar-refractivity contribution < 1.29 is 10.1 Å². The number of aromatic nitrogens is 2. The van der Waals surface area contributed by atoms with Crippen molar-refractivity contribution >= 4 is 21.6 Å². The fourth-order valence-electron chi connectivity index (χ4n) is 4.09. The summed E-state index contributed by atoms with van der Waals surface area (Å²) >= 11 is 1.71. The first-order valence-corrected chi connectivity index (χ1v) is 10.9. The van der Waals surface area contributed by atoms with Crippen molar-refractivity contribution in [1.29, 1.82) is 0 Å². The van der Waals surface area contributed by atoms with E-state index in [9.17, 15) is 4.79 Å². The number of nitrogens with zero attached hydrogens (tertiary/aromatic N) is 1. The summed E-state index contributed by atoms with van der Waals surface area (Å²) in [6.45, 7) is 5.29. The number of aromatic amines is 1. The molecule has 3 aromatic rings. The lowest BCUT2D eigenvalue weighted by atomic mass is 9.89. The van der Waals surface area contributed by atoms with Crippen LogP contribution >= 0.6 is 11.3 Å². The first-order valence-electron chi connectivity index (χ1n) is 10.1. The fraction of sp³-hybridized carbons (Fsp3) is 0.455. The van der Waals surface area contributed by atoms with Gasteiger partial charge in [-0.15, -0.1) is 11.3 Å². The van der Waals surface area contributed by atoms with Gasteiger partial charge in [0.1, 0.15) is 16.6 Å². The molecular weight excluding hydrogens is 370 g/mol. The molecule has 28 heavy (non-hydrogen) atoms. The van der Waals surface area contributed by atoms with Gasteiger partial charge < -0.3 is 15.0 Å². The Kier molecular flexibility index (Phi) is 5.51. The van der Waals surface area contributed by atoms with E-state index >= 15 is 0 Å². The Bertz CT molecular complexity index is 1040. The van der Waals surface area contributed by atoms with Crippen LogP contribution in [0.5, 0.6) is 5.75 Å². The van der Waals surface area contributed by atoms with E-state index in [-0.39, 0.29) is 11.6 Å². The van der Waals surface area contributed by atoms with Crippen molar-refractivity contribution in [2.75, 3.05) is 13.7 Å². The van der Waals surface area contributed by atoms with Gasteiger partial charge in [0, 0.05) is 11.3 Å². The van der Waals surface area contributed by atoms with E-state index in [1.807, 2.05) is 18.2 Å². The van der Waals surface area contributed by atoms with E-state index in [1.54, 1.807) is 18.4 Å². The second-order valence-corrected chi connectivity index (χ2v) is 8.94. The maximum Gasteiger partial charge on any atom is 0.260 e. The molecule has 0 unspecified atom stereocenters. The highest BCUT2D eigenvalue weighted by Gasteiger charge is 2.24. The quantitative estimate of drug-likeness (QED) is 0.671. The van der Waals surface area contributed by atoms with Crippen molar-refractivity contribution in [3.63, 3.8) is 0 Å². The monoisotopic (exact) mass is 398 g/mol. The van der Waals surface area contributed by atoms with E-state index in [1.165, 1.54) is 16.0 Å². The highest BCUT2D eigenvalue weighted by atomic mass is 32.1. The minimum atomic E-state index is 0.0250. The number of nitrogens with two attached hydrogens (primary N) is 1. The van der Waals surface area contributed by atoms with Gasteiger partial charge in [-0.3, -0.25) is 4.79 Å². The van der Waals surface area contributed by atoms with Crippen molar-refractivity contribution in [3.8, 4) is 5.75 Å². The second-order valence-electron chi connectivity index (χ2n) is 7.86. The number of aryl methyl sites for hydroxylation is 1. The van der Waals surface area contributed by atoms with Crippen LogP contribution in [-0.4, -0.2) is 23.6 Å². The standard InChI is InChI=1S/C22H27N3O2S/c1-13-8-9-16-18(12-13)28-22-19(16)21(26)24-20(25-22)14(2)23-11-10-15-6-4-5-7-17(15)27-3/h4-7,13-14,23H,8-12H2,1-3H3,(H,24,25,26)/p+1/t13-,14-/m1/s1. The van der Waals surface area contributed by atoms with Crippen LogP contribution in [0.4, 0.5) is 0 Å². The number of quaternary nitrogens is 1. The predicted octanol–water partition coefficient (Wildman–Crippen LogP) is 2.99. The zero-order valence-electron chi connectivity index (χ0n) is 16.7. The van der Waals surface area contributed by atoms with E-state index in [2.05, 4.69) is 30.2 Å². The molecule has 1 aliphatic carbocycles. The Balaban J connectivity index is 1.50. The highest BCUT2D eigenvalue weighted by Crippen LogP contribution is 2.35. The molecule has 0 bridgehead atoms. The molecule has 5 nitrogen and oxygen atoms in total. The van der Waals surface area contributed by atoms with Crippen molar-refractivity contribution in [1.82, 2.24) is 9.97 Å². The molecule has 0 saturated heterocycles. The van der Waals surface area contributed by atoms with Crippen molar-refractivity contribution in [3.05, 3.63) is 56.4 Å². The van der Waals surface area contributed by atoms with Crippen LogP contribution in [0.15, 0.2) is 29.1 Å². The Morgan fingerprint density at radius 1 is 1.39 bits per heavy atom. The highest BCUT2D eigenvalue weighted by molar-refractivity contribution is 7.18. The van der Waals surface area contributed by atoms with E-state index < -0.39 is 0 Å². The van der Waals surface area contributed by atoms with Gasteiger partial charge in [-0.1, -0.05) is 25.1 Å². The van der Waals surface area contributed by atoms with Gasteiger partial charge in [-0.05, 0) is 49.3 Å². The van der Waals surface area contributed by atoms with Crippen molar-refractivity contribution in [2.24, 2.45) is 5.92 Å². The Morgan fingerprint density at radius 2 is 2.21 bits per heavy atom. The zero-order valence-corrected chi connectivity index (χ0v) is 17.6. The maximum atomic E-state index is 12.8. The SMILES string of the molecule is COc1ccccc1CC[NH2+][C@H](C)c1nc2sc3c(c2c(=O)[nH]1)CC[C@@H](C)C3. The van der Waals surface area contributed by atoms with Crippen LogP contribution in [0.1, 0.15) is 48.1 Å². The lowest BCUT2D eigenvalue weighted by Gasteiger charge is -2.17. The van der Waals surface area contributed by atoms with Crippen LogP contribution in [0, 0.1) is 5.92 Å². The molecule has 4 rings (SSSR count). The molecule has 2 atom stereocenters. The third-order valence-electron chi connectivity index (χ3n) is 5.74. The zero-order chi connectivity index (χ0) is 19.7. The molecule has 0 fully saturated rings. The summed E-state index contributed by atoms with van der Waals surface area (Å²) in [5, 5.41) is 3.06. The van der Waals surface area contributed by atoms with Crippen LogP contribution in [0.2, 0.25) is 0 Å². The van der Waals surface area contributed by atoms with E-state index in [4.69, 9.17) is 9.72 Å². The Labute approximate surface area is 169 Å². The number of para-hydroxylation sites is 1. The molecule has 3 N–H and O–H groups in total. The predicted molar refractivity (Wildman–Crippen MR) is 113 cm³/mol. The second kappa shape index (κ2) is 8.05. The summed E-state index contributed by atoms with van der Waals surface area (Å²) in [4.78, 5) is 22.9. The minimum absolute atomic E-state index is 0.0250. The summed E-state index contributed by atoms with van der Waals surface area (Å²) < 4.78 is 5.43. The lowest BCUT2D eigenvalue weighted by Crippen LogP contribution is -2.85. The molecule has 0 spiro atoms. The molecule has 148 valence electrons. The fourth-order valence-corrected chi connectivity index (χ4v) is 5.48. The topological polar surface area (TPSA) is 71.6 Å². The van der Waals surface area contributed by atoms with Gasteiger partial charge in [-0.2, -0.15) is 0 Å². The summed E-state index contributed by atoms with van der Waals surface area (Å²) in [7, 11) is 1.70. The largest absolute Gasteiger partial charge is 0.496 e. The van der Waals surface area contributed by atoms with Crippen LogP contribution in [-0.2, 0) is 19.3 Å². The lowest BCUT2D eigenvalue weighted by molar-refractivity contribution is -0.693.